The molecule has 0 saturated heterocycles. The maximum absolute atomic E-state index is 13.3. The lowest BCUT2D eigenvalue weighted by atomic mass is 9.66. The molecule has 2 heteroatoms. The standard InChI is InChI=1S/C13H21FO/c1-9-3-5-10(6-4-9)12(15)11-7-13(2,14)8-11/h9-11H,3-8H2,1-2H3/t9-,10+,11?,13?. The fraction of sp³-hybridized carbons (Fsp3) is 0.923. The summed E-state index contributed by atoms with van der Waals surface area (Å²) in [7, 11) is 0. The first-order valence-electron chi connectivity index (χ1n) is 6.20. The molecule has 0 aromatic carbocycles. The molecule has 0 atom stereocenters. The Balaban J connectivity index is 1.82. The molecule has 0 spiro atoms. The summed E-state index contributed by atoms with van der Waals surface area (Å²) >= 11 is 0. The number of rotatable bonds is 2. The van der Waals surface area contributed by atoms with E-state index in [0.717, 1.165) is 18.8 Å². The van der Waals surface area contributed by atoms with Crippen molar-refractivity contribution in [2.75, 3.05) is 0 Å². The van der Waals surface area contributed by atoms with Crippen LogP contribution in [-0.2, 0) is 4.79 Å². The molecule has 2 rings (SSSR count). The van der Waals surface area contributed by atoms with Gasteiger partial charge in [-0.05, 0) is 38.5 Å². The molecule has 2 fully saturated rings. The van der Waals surface area contributed by atoms with Gasteiger partial charge in [-0.1, -0.05) is 19.8 Å². The molecule has 0 aromatic rings. The number of ketones is 1. The summed E-state index contributed by atoms with van der Waals surface area (Å²) in [6, 6.07) is 0. The molecule has 1 nitrogen and oxygen atoms in total. The molecule has 0 unspecified atom stereocenters. The Hall–Kier alpha value is -0.400. The molecule has 15 heavy (non-hydrogen) atoms. The van der Waals surface area contributed by atoms with Gasteiger partial charge in [0.25, 0.3) is 0 Å². The van der Waals surface area contributed by atoms with Crippen molar-refractivity contribution in [1.29, 1.82) is 0 Å². The summed E-state index contributed by atoms with van der Waals surface area (Å²) in [4.78, 5) is 12.0. The van der Waals surface area contributed by atoms with E-state index in [1.165, 1.54) is 12.8 Å². The summed E-state index contributed by atoms with van der Waals surface area (Å²) in [5, 5.41) is 0. The second kappa shape index (κ2) is 3.88. The van der Waals surface area contributed by atoms with Crippen molar-refractivity contribution in [2.24, 2.45) is 17.8 Å². The Labute approximate surface area is 91.4 Å². The van der Waals surface area contributed by atoms with Gasteiger partial charge in [-0.2, -0.15) is 0 Å². The van der Waals surface area contributed by atoms with Crippen molar-refractivity contribution < 1.29 is 9.18 Å². The lowest BCUT2D eigenvalue weighted by molar-refractivity contribution is -0.136. The summed E-state index contributed by atoms with van der Waals surface area (Å²) < 4.78 is 13.3. The lowest BCUT2D eigenvalue weighted by Gasteiger charge is -2.40. The highest BCUT2D eigenvalue weighted by Crippen LogP contribution is 2.44. The summed E-state index contributed by atoms with van der Waals surface area (Å²) in [6.45, 7) is 3.86. The largest absolute Gasteiger partial charge is 0.299 e. The van der Waals surface area contributed by atoms with Crippen LogP contribution in [0.15, 0.2) is 0 Å². The van der Waals surface area contributed by atoms with Crippen molar-refractivity contribution in [3.63, 3.8) is 0 Å². The monoisotopic (exact) mass is 212 g/mol. The number of hydrogen-bond acceptors (Lipinski definition) is 1. The predicted octanol–water partition coefficient (Wildman–Crippen LogP) is 3.52. The van der Waals surface area contributed by atoms with E-state index < -0.39 is 5.67 Å². The molecule has 0 bridgehead atoms. The van der Waals surface area contributed by atoms with Gasteiger partial charge in [-0.3, -0.25) is 4.79 Å². The van der Waals surface area contributed by atoms with E-state index in [1.54, 1.807) is 6.92 Å². The Morgan fingerprint density at radius 1 is 1.13 bits per heavy atom. The van der Waals surface area contributed by atoms with Crippen LogP contribution in [0.2, 0.25) is 0 Å². The van der Waals surface area contributed by atoms with E-state index in [-0.39, 0.29) is 11.8 Å². The van der Waals surface area contributed by atoms with Gasteiger partial charge < -0.3 is 0 Å². The van der Waals surface area contributed by atoms with Crippen LogP contribution in [0.4, 0.5) is 4.39 Å². The van der Waals surface area contributed by atoms with Crippen LogP contribution >= 0.6 is 0 Å². The second-order valence-corrected chi connectivity index (χ2v) is 5.88. The Morgan fingerprint density at radius 3 is 2.13 bits per heavy atom. The predicted molar refractivity (Wildman–Crippen MR) is 58.4 cm³/mol. The highest BCUT2D eigenvalue weighted by atomic mass is 19.1. The van der Waals surface area contributed by atoms with Crippen molar-refractivity contribution >= 4 is 5.78 Å². The van der Waals surface area contributed by atoms with Crippen LogP contribution in [-0.4, -0.2) is 11.5 Å². The first-order valence-corrected chi connectivity index (χ1v) is 6.20. The fourth-order valence-corrected chi connectivity index (χ4v) is 3.05. The van der Waals surface area contributed by atoms with Gasteiger partial charge in [0.15, 0.2) is 0 Å². The van der Waals surface area contributed by atoms with Crippen molar-refractivity contribution in [3.05, 3.63) is 0 Å². The minimum atomic E-state index is -1.05. The minimum Gasteiger partial charge on any atom is -0.299 e. The molecule has 2 aliphatic rings. The van der Waals surface area contributed by atoms with Gasteiger partial charge in [0, 0.05) is 11.8 Å². The van der Waals surface area contributed by atoms with Crippen molar-refractivity contribution in [2.45, 2.75) is 58.0 Å². The van der Waals surface area contributed by atoms with E-state index in [2.05, 4.69) is 6.92 Å². The maximum Gasteiger partial charge on any atom is 0.139 e. The van der Waals surface area contributed by atoms with Crippen LogP contribution in [0.5, 0.6) is 0 Å². The van der Waals surface area contributed by atoms with Gasteiger partial charge in [0.1, 0.15) is 11.5 Å². The smallest absolute Gasteiger partial charge is 0.139 e. The number of Topliss-reactive ketones (excluding diaryl/α,β-unsaturated/α-hetero) is 1. The van der Waals surface area contributed by atoms with Crippen molar-refractivity contribution in [1.82, 2.24) is 0 Å². The van der Waals surface area contributed by atoms with Crippen LogP contribution in [0.3, 0.4) is 0 Å². The quantitative estimate of drug-likeness (QED) is 0.684. The zero-order chi connectivity index (χ0) is 11.1. The molecule has 86 valence electrons. The number of alkyl halides is 1. The number of hydrogen-bond donors (Lipinski definition) is 0. The zero-order valence-electron chi connectivity index (χ0n) is 9.76. The van der Waals surface area contributed by atoms with Gasteiger partial charge in [0.2, 0.25) is 0 Å². The van der Waals surface area contributed by atoms with E-state index in [1.807, 2.05) is 0 Å². The third kappa shape index (κ3) is 2.40. The minimum absolute atomic E-state index is 0.0402. The molecule has 2 aliphatic carbocycles. The Kier molecular flexibility index (Phi) is 2.87. The van der Waals surface area contributed by atoms with E-state index in [0.29, 0.717) is 18.6 Å². The average molecular weight is 212 g/mol. The average Bonchev–Trinajstić information content (AvgIpc) is 2.14. The molecule has 2 saturated carbocycles. The first-order chi connectivity index (χ1) is 6.98. The summed E-state index contributed by atoms with van der Waals surface area (Å²) in [5.74, 6) is 1.43. The molecular formula is C13H21FO. The molecule has 0 aromatic heterocycles. The maximum atomic E-state index is 13.3. The van der Waals surface area contributed by atoms with Crippen LogP contribution in [0.25, 0.3) is 0 Å². The summed E-state index contributed by atoms with van der Waals surface area (Å²) in [5.41, 5.74) is -1.05. The molecule has 0 heterocycles. The van der Waals surface area contributed by atoms with Gasteiger partial charge >= 0.3 is 0 Å². The van der Waals surface area contributed by atoms with Crippen LogP contribution in [0.1, 0.15) is 52.4 Å². The van der Waals surface area contributed by atoms with Gasteiger partial charge in [0.05, 0.1) is 0 Å². The topological polar surface area (TPSA) is 17.1 Å². The summed E-state index contributed by atoms with van der Waals surface area (Å²) in [6.07, 6.45) is 5.38. The van der Waals surface area contributed by atoms with Gasteiger partial charge in [-0.25, -0.2) is 4.39 Å². The second-order valence-electron chi connectivity index (χ2n) is 5.88. The van der Waals surface area contributed by atoms with Crippen LogP contribution in [0, 0.1) is 17.8 Å². The SMILES string of the molecule is CC1(F)CC(C(=O)[C@H]2CC[C@@H](C)CC2)C1. The first kappa shape index (κ1) is 11.1. The third-order valence-electron chi connectivity index (χ3n) is 4.16. The Morgan fingerprint density at radius 2 is 1.67 bits per heavy atom. The molecule has 0 N–H and O–H groups in total. The third-order valence-corrected chi connectivity index (χ3v) is 4.16. The number of carbonyl (C=O) groups is 1. The number of halogens is 1. The van der Waals surface area contributed by atoms with E-state index in [9.17, 15) is 9.18 Å². The molecular weight excluding hydrogens is 191 g/mol. The Bertz CT molecular complexity index is 243. The van der Waals surface area contributed by atoms with Crippen LogP contribution < -0.4 is 0 Å². The van der Waals surface area contributed by atoms with E-state index in [4.69, 9.17) is 0 Å². The molecule has 0 aliphatic heterocycles. The van der Waals surface area contributed by atoms with E-state index >= 15 is 0 Å². The van der Waals surface area contributed by atoms with Crippen molar-refractivity contribution in [3.8, 4) is 0 Å². The highest BCUT2D eigenvalue weighted by Gasteiger charge is 2.45. The molecule has 0 radical (unpaired) electrons. The highest BCUT2D eigenvalue weighted by molar-refractivity contribution is 5.84. The lowest BCUT2D eigenvalue weighted by Crippen LogP contribution is -2.43. The number of carbonyl (C=O) groups excluding carboxylic acids is 1. The molecule has 0 amide bonds. The normalized spacial score (nSPS) is 45.9. The fourth-order valence-electron chi connectivity index (χ4n) is 3.05. The van der Waals surface area contributed by atoms with Gasteiger partial charge in [-0.15, -0.1) is 0 Å². The zero-order valence-corrected chi connectivity index (χ0v) is 9.76.